The van der Waals surface area contributed by atoms with Crippen LogP contribution in [0.15, 0.2) is 60.7 Å². The Morgan fingerprint density at radius 2 is 1.24 bits per heavy atom. The molecule has 0 aliphatic rings. The summed E-state index contributed by atoms with van der Waals surface area (Å²) >= 11 is 0. The number of amides is 2. The fourth-order valence-corrected chi connectivity index (χ4v) is 3.05. The van der Waals surface area contributed by atoms with Crippen LogP contribution in [0.25, 0.3) is 0 Å². The van der Waals surface area contributed by atoms with Crippen LogP contribution in [0.1, 0.15) is 20.7 Å². The van der Waals surface area contributed by atoms with Gasteiger partial charge in [-0.25, -0.2) is 0 Å². The zero-order valence-corrected chi connectivity index (χ0v) is 18.1. The Labute approximate surface area is 189 Å². The number of methoxy groups -OCH3 is 3. The molecule has 0 saturated heterocycles. The van der Waals surface area contributed by atoms with Gasteiger partial charge in [0.2, 0.25) is 0 Å². The van der Waals surface area contributed by atoms with E-state index in [1.165, 1.54) is 45.6 Å². The van der Waals surface area contributed by atoms with E-state index < -0.39 is 10.8 Å². The lowest BCUT2D eigenvalue weighted by Crippen LogP contribution is -2.15. The Morgan fingerprint density at radius 3 is 1.73 bits per heavy atom. The highest BCUT2D eigenvalue weighted by Gasteiger charge is 2.20. The first-order valence-corrected chi connectivity index (χ1v) is 9.64. The third kappa shape index (κ3) is 5.18. The van der Waals surface area contributed by atoms with E-state index in [-0.39, 0.29) is 40.1 Å². The van der Waals surface area contributed by atoms with Crippen molar-refractivity contribution in [3.63, 3.8) is 0 Å². The second kappa shape index (κ2) is 10.1. The van der Waals surface area contributed by atoms with Gasteiger partial charge in [-0.15, -0.1) is 0 Å². The number of nitro benzene ring substituents is 1. The fraction of sp³-hybridized carbons (Fsp3) is 0.130. The van der Waals surface area contributed by atoms with Crippen molar-refractivity contribution in [2.24, 2.45) is 0 Å². The number of rotatable bonds is 8. The summed E-state index contributed by atoms with van der Waals surface area (Å²) in [5.74, 6) is -0.401. The molecule has 10 nitrogen and oxygen atoms in total. The highest BCUT2D eigenvalue weighted by molar-refractivity contribution is 6.07. The van der Waals surface area contributed by atoms with Crippen LogP contribution in [0.3, 0.4) is 0 Å². The van der Waals surface area contributed by atoms with Crippen molar-refractivity contribution in [1.82, 2.24) is 0 Å². The van der Waals surface area contributed by atoms with Crippen molar-refractivity contribution >= 4 is 28.9 Å². The molecule has 3 aromatic rings. The fourth-order valence-electron chi connectivity index (χ4n) is 3.05. The molecule has 0 atom stereocenters. The van der Waals surface area contributed by atoms with Gasteiger partial charge in [-0.05, 0) is 24.3 Å². The maximum Gasteiger partial charge on any atom is 0.311 e. The van der Waals surface area contributed by atoms with Gasteiger partial charge in [0.15, 0.2) is 5.75 Å². The second-order valence-corrected chi connectivity index (χ2v) is 6.67. The number of hydrogen-bond acceptors (Lipinski definition) is 7. The van der Waals surface area contributed by atoms with E-state index in [0.29, 0.717) is 11.3 Å². The zero-order valence-electron chi connectivity index (χ0n) is 18.1. The van der Waals surface area contributed by atoms with Gasteiger partial charge in [0, 0.05) is 29.3 Å². The number of ether oxygens (including phenoxy) is 3. The molecule has 170 valence electrons. The van der Waals surface area contributed by atoms with E-state index in [2.05, 4.69) is 10.6 Å². The van der Waals surface area contributed by atoms with E-state index in [1.54, 1.807) is 30.3 Å². The Hall–Kier alpha value is -4.60. The lowest BCUT2D eigenvalue weighted by atomic mass is 10.1. The summed E-state index contributed by atoms with van der Waals surface area (Å²) < 4.78 is 15.7. The molecule has 33 heavy (non-hydrogen) atoms. The molecule has 3 rings (SSSR count). The summed E-state index contributed by atoms with van der Waals surface area (Å²) in [5.41, 5.74) is 0.743. The predicted octanol–water partition coefficient (Wildman–Crippen LogP) is 4.13. The van der Waals surface area contributed by atoms with Gasteiger partial charge in [0.25, 0.3) is 11.8 Å². The standard InChI is InChI=1S/C23H21N3O7/c1-31-19-10-9-15(11-18(19)26(29)30)23(28)25-17-13-20(32-2)16(12-21(17)33-3)24-22(27)14-7-5-4-6-8-14/h4-13H,1-3H3,(H,24,27)(H,25,28). The normalized spacial score (nSPS) is 10.2. The monoisotopic (exact) mass is 451 g/mol. The molecule has 0 aliphatic carbocycles. The van der Waals surface area contributed by atoms with Gasteiger partial charge in [-0.2, -0.15) is 0 Å². The highest BCUT2D eigenvalue weighted by Crippen LogP contribution is 2.37. The minimum atomic E-state index is -0.635. The van der Waals surface area contributed by atoms with Crippen LogP contribution >= 0.6 is 0 Å². The van der Waals surface area contributed by atoms with Crippen molar-refractivity contribution < 1.29 is 28.7 Å². The van der Waals surface area contributed by atoms with E-state index in [9.17, 15) is 19.7 Å². The van der Waals surface area contributed by atoms with Crippen molar-refractivity contribution in [1.29, 1.82) is 0 Å². The van der Waals surface area contributed by atoms with Crippen LogP contribution in [0.2, 0.25) is 0 Å². The SMILES string of the molecule is COc1cc(NC(=O)c2ccc(OC)c([N+](=O)[O-])c2)c(OC)cc1NC(=O)c1ccccc1. The van der Waals surface area contributed by atoms with Crippen LogP contribution in [-0.2, 0) is 0 Å². The maximum atomic E-state index is 12.8. The van der Waals surface area contributed by atoms with Gasteiger partial charge in [0.1, 0.15) is 11.5 Å². The van der Waals surface area contributed by atoms with E-state index >= 15 is 0 Å². The van der Waals surface area contributed by atoms with E-state index in [1.807, 2.05) is 0 Å². The summed E-state index contributed by atoms with van der Waals surface area (Å²) in [6, 6.07) is 15.5. The zero-order chi connectivity index (χ0) is 24.0. The largest absolute Gasteiger partial charge is 0.494 e. The van der Waals surface area contributed by atoms with Gasteiger partial charge < -0.3 is 24.8 Å². The molecule has 0 radical (unpaired) electrons. The van der Waals surface area contributed by atoms with Crippen LogP contribution in [0.4, 0.5) is 17.1 Å². The Balaban J connectivity index is 1.89. The average molecular weight is 451 g/mol. The first-order chi connectivity index (χ1) is 15.9. The van der Waals surface area contributed by atoms with Gasteiger partial charge in [-0.1, -0.05) is 18.2 Å². The summed E-state index contributed by atoms with van der Waals surface area (Å²) in [7, 11) is 4.12. The Morgan fingerprint density at radius 1 is 0.727 bits per heavy atom. The van der Waals surface area contributed by atoms with Gasteiger partial charge in [-0.3, -0.25) is 19.7 Å². The molecule has 2 amide bonds. The van der Waals surface area contributed by atoms with Crippen LogP contribution in [0, 0.1) is 10.1 Å². The van der Waals surface area contributed by atoms with Gasteiger partial charge >= 0.3 is 5.69 Å². The van der Waals surface area contributed by atoms with Crippen molar-refractivity contribution in [2.45, 2.75) is 0 Å². The number of carbonyl (C=O) groups is 2. The second-order valence-electron chi connectivity index (χ2n) is 6.67. The molecule has 10 heteroatoms. The molecule has 0 saturated carbocycles. The molecule has 0 unspecified atom stereocenters. The summed E-state index contributed by atoms with van der Waals surface area (Å²) in [5, 5.41) is 16.6. The third-order valence-electron chi connectivity index (χ3n) is 4.69. The quantitative estimate of drug-likeness (QED) is 0.389. The lowest BCUT2D eigenvalue weighted by Gasteiger charge is -2.16. The minimum absolute atomic E-state index is 0.0364. The highest BCUT2D eigenvalue weighted by atomic mass is 16.6. The van der Waals surface area contributed by atoms with E-state index in [0.717, 1.165) is 6.07 Å². The number of nitro groups is 1. The molecule has 0 aromatic heterocycles. The lowest BCUT2D eigenvalue weighted by molar-refractivity contribution is -0.385. The Kier molecular flexibility index (Phi) is 7.09. The van der Waals surface area contributed by atoms with Crippen molar-refractivity contribution in [3.05, 3.63) is 81.9 Å². The summed E-state index contributed by atoms with van der Waals surface area (Å²) in [4.78, 5) is 35.9. The number of anilines is 2. The van der Waals surface area contributed by atoms with Gasteiger partial charge in [0.05, 0.1) is 37.6 Å². The topological polar surface area (TPSA) is 129 Å². The summed E-state index contributed by atoms with van der Waals surface area (Å²) in [6.45, 7) is 0. The molecular formula is C23H21N3O7. The predicted molar refractivity (Wildman–Crippen MR) is 122 cm³/mol. The van der Waals surface area contributed by atoms with Crippen molar-refractivity contribution in [2.75, 3.05) is 32.0 Å². The maximum absolute atomic E-state index is 12.8. The third-order valence-corrected chi connectivity index (χ3v) is 4.69. The molecule has 0 fully saturated rings. The Bertz CT molecular complexity index is 1200. The molecule has 3 aromatic carbocycles. The van der Waals surface area contributed by atoms with Crippen molar-refractivity contribution in [3.8, 4) is 17.2 Å². The number of nitrogens with zero attached hydrogens (tertiary/aromatic N) is 1. The summed E-state index contributed by atoms with van der Waals surface area (Å²) in [6.07, 6.45) is 0. The number of carbonyl (C=O) groups excluding carboxylic acids is 2. The number of hydrogen-bond donors (Lipinski definition) is 2. The number of benzene rings is 3. The van der Waals surface area contributed by atoms with E-state index in [4.69, 9.17) is 14.2 Å². The molecule has 0 heterocycles. The molecular weight excluding hydrogens is 430 g/mol. The number of nitrogens with one attached hydrogen (secondary N) is 2. The van der Waals surface area contributed by atoms with Crippen LogP contribution in [0.5, 0.6) is 17.2 Å². The first kappa shape index (κ1) is 23.1. The molecule has 0 spiro atoms. The van der Waals surface area contributed by atoms with Crippen LogP contribution in [-0.4, -0.2) is 38.1 Å². The average Bonchev–Trinajstić information content (AvgIpc) is 2.84. The molecule has 0 bridgehead atoms. The van der Waals surface area contributed by atoms with Crippen LogP contribution < -0.4 is 24.8 Å². The molecule has 2 N–H and O–H groups in total. The minimum Gasteiger partial charge on any atom is -0.494 e. The smallest absolute Gasteiger partial charge is 0.311 e. The first-order valence-electron chi connectivity index (χ1n) is 9.64. The molecule has 0 aliphatic heterocycles.